The van der Waals surface area contributed by atoms with E-state index in [-0.39, 0.29) is 34.4 Å². The van der Waals surface area contributed by atoms with Gasteiger partial charge in [-0.3, -0.25) is 4.79 Å². The van der Waals surface area contributed by atoms with Crippen LogP contribution in [0.25, 0.3) is 0 Å². The van der Waals surface area contributed by atoms with Gasteiger partial charge in [0.25, 0.3) is 0 Å². The van der Waals surface area contributed by atoms with Gasteiger partial charge in [0.2, 0.25) is 15.9 Å². The molecule has 0 radical (unpaired) electrons. The highest BCUT2D eigenvalue weighted by Gasteiger charge is 2.16. The lowest BCUT2D eigenvalue weighted by molar-refractivity contribution is -0.121. The van der Waals surface area contributed by atoms with E-state index in [2.05, 4.69) is 10.0 Å². The summed E-state index contributed by atoms with van der Waals surface area (Å²) in [5, 5.41) is 11.8. The maximum Gasteiger partial charge on any atom is 0.240 e. The molecule has 2 aromatic rings. The first-order valence-corrected chi connectivity index (χ1v) is 9.28. The van der Waals surface area contributed by atoms with E-state index in [1.54, 1.807) is 0 Å². The van der Waals surface area contributed by atoms with Crippen molar-refractivity contribution < 1.29 is 13.2 Å². The molecule has 0 saturated carbocycles. The maximum atomic E-state index is 12.2. The van der Waals surface area contributed by atoms with Crippen LogP contribution in [0.4, 0.5) is 0 Å². The van der Waals surface area contributed by atoms with Gasteiger partial charge in [-0.2, -0.15) is 5.26 Å². The number of carbonyl (C=O) groups is 1. The summed E-state index contributed by atoms with van der Waals surface area (Å²) < 4.78 is 26.7. The summed E-state index contributed by atoms with van der Waals surface area (Å²) in [7, 11) is -3.81. The number of carbonyl (C=O) groups excluding carboxylic acids is 1. The van der Waals surface area contributed by atoms with E-state index in [1.165, 1.54) is 18.2 Å². The van der Waals surface area contributed by atoms with Crippen LogP contribution in [0.3, 0.4) is 0 Å². The molecule has 0 saturated heterocycles. The number of benzene rings is 2. The van der Waals surface area contributed by atoms with Crippen LogP contribution in [0.5, 0.6) is 0 Å². The molecule has 0 atom stereocenters. The molecular formula is C17H16ClN3O3S. The molecule has 1 amide bonds. The first-order chi connectivity index (χ1) is 11.9. The van der Waals surface area contributed by atoms with Gasteiger partial charge in [0.05, 0.1) is 15.5 Å². The van der Waals surface area contributed by atoms with Gasteiger partial charge in [-0.25, -0.2) is 13.1 Å². The fourth-order valence-corrected chi connectivity index (χ4v) is 3.24. The topological polar surface area (TPSA) is 99.1 Å². The Kier molecular flexibility index (Phi) is 6.53. The molecule has 0 bridgehead atoms. The van der Waals surface area contributed by atoms with Crippen molar-refractivity contribution in [1.29, 1.82) is 5.26 Å². The molecule has 2 rings (SSSR count). The standard InChI is InChI=1S/C17H16ClN3O3S/c18-16-7-6-15(10-14(16)11-19)25(23,24)21-9-8-17(22)20-12-13-4-2-1-3-5-13/h1-7,10,21H,8-9,12H2,(H,20,22). The molecular weight excluding hydrogens is 362 g/mol. The van der Waals surface area contributed by atoms with E-state index in [1.807, 2.05) is 36.4 Å². The van der Waals surface area contributed by atoms with E-state index in [4.69, 9.17) is 16.9 Å². The van der Waals surface area contributed by atoms with Crippen molar-refractivity contribution in [3.8, 4) is 6.07 Å². The number of hydrogen-bond acceptors (Lipinski definition) is 4. The van der Waals surface area contributed by atoms with Crippen molar-refractivity contribution in [2.75, 3.05) is 6.54 Å². The minimum Gasteiger partial charge on any atom is -0.352 e. The van der Waals surface area contributed by atoms with E-state index in [0.29, 0.717) is 6.54 Å². The number of sulfonamides is 1. The van der Waals surface area contributed by atoms with Crippen LogP contribution in [-0.4, -0.2) is 20.9 Å². The Morgan fingerprint density at radius 3 is 2.56 bits per heavy atom. The van der Waals surface area contributed by atoms with Crippen molar-refractivity contribution in [2.24, 2.45) is 0 Å². The number of amides is 1. The molecule has 130 valence electrons. The molecule has 2 aromatic carbocycles. The van der Waals surface area contributed by atoms with Crippen molar-refractivity contribution in [3.63, 3.8) is 0 Å². The lowest BCUT2D eigenvalue weighted by Gasteiger charge is -2.08. The molecule has 0 aliphatic carbocycles. The maximum absolute atomic E-state index is 12.2. The zero-order valence-electron chi connectivity index (χ0n) is 13.2. The number of hydrogen-bond donors (Lipinski definition) is 2. The largest absolute Gasteiger partial charge is 0.352 e. The Morgan fingerprint density at radius 1 is 1.16 bits per heavy atom. The van der Waals surface area contributed by atoms with Crippen molar-refractivity contribution >= 4 is 27.5 Å². The monoisotopic (exact) mass is 377 g/mol. The van der Waals surface area contributed by atoms with Crippen LogP contribution in [0.1, 0.15) is 17.5 Å². The van der Waals surface area contributed by atoms with Gasteiger partial charge in [0.15, 0.2) is 0 Å². The highest BCUT2D eigenvalue weighted by molar-refractivity contribution is 7.89. The Hall–Kier alpha value is -2.40. The number of halogens is 1. The Bertz CT molecular complexity index is 893. The average molecular weight is 378 g/mol. The molecule has 0 spiro atoms. The predicted octanol–water partition coefficient (Wildman–Crippen LogP) is 2.20. The Labute approximate surface area is 151 Å². The minimum atomic E-state index is -3.81. The minimum absolute atomic E-state index is 0.00472. The molecule has 0 aliphatic heterocycles. The van der Waals surface area contributed by atoms with E-state index in [0.717, 1.165) is 5.56 Å². The number of nitrogens with one attached hydrogen (secondary N) is 2. The SMILES string of the molecule is N#Cc1cc(S(=O)(=O)NCCC(=O)NCc2ccccc2)ccc1Cl. The average Bonchev–Trinajstić information content (AvgIpc) is 2.61. The van der Waals surface area contributed by atoms with Crippen molar-refractivity contribution in [2.45, 2.75) is 17.9 Å². The van der Waals surface area contributed by atoms with Gasteiger partial charge < -0.3 is 5.32 Å². The molecule has 0 aromatic heterocycles. The lowest BCUT2D eigenvalue weighted by atomic mass is 10.2. The Balaban J connectivity index is 1.86. The summed E-state index contributed by atoms with van der Waals surface area (Å²) in [6, 6.07) is 15.1. The highest BCUT2D eigenvalue weighted by atomic mass is 35.5. The second-order valence-corrected chi connectivity index (χ2v) is 7.34. The fraction of sp³-hybridized carbons (Fsp3) is 0.176. The van der Waals surface area contributed by atoms with Gasteiger partial charge in [-0.1, -0.05) is 41.9 Å². The summed E-state index contributed by atoms with van der Waals surface area (Å²) in [5.41, 5.74) is 1.03. The zero-order chi connectivity index (χ0) is 18.3. The first-order valence-electron chi connectivity index (χ1n) is 7.42. The summed E-state index contributed by atoms with van der Waals surface area (Å²) >= 11 is 5.79. The fourth-order valence-electron chi connectivity index (χ4n) is 2.02. The van der Waals surface area contributed by atoms with E-state index in [9.17, 15) is 13.2 Å². The predicted molar refractivity (Wildman–Crippen MR) is 94.3 cm³/mol. The summed E-state index contributed by atoms with van der Waals surface area (Å²) in [4.78, 5) is 11.7. The van der Waals surface area contributed by atoms with Crippen LogP contribution >= 0.6 is 11.6 Å². The molecule has 0 fully saturated rings. The third kappa shape index (κ3) is 5.57. The van der Waals surface area contributed by atoms with Gasteiger partial charge in [-0.05, 0) is 23.8 Å². The van der Waals surface area contributed by atoms with Gasteiger partial charge in [0.1, 0.15) is 6.07 Å². The van der Waals surface area contributed by atoms with Crippen LogP contribution in [0.2, 0.25) is 5.02 Å². The molecule has 2 N–H and O–H groups in total. The normalized spacial score (nSPS) is 10.9. The Morgan fingerprint density at radius 2 is 1.88 bits per heavy atom. The highest BCUT2D eigenvalue weighted by Crippen LogP contribution is 2.19. The molecule has 25 heavy (non-hydrogen) atoms. The number of nitriles is 1. The first kappa shape index (κ1) is 18.9. The molecule has 8 heteroatoms. The van der Waals surface area contributed by atoms with Crippen LogP contribution in [-0.2, 0) is 21.4 Å². The van der Waals surface area contributed by atoms with Crippen LogP contribution in [0, 0.1) is 11.3 Å². The van der Waals surface area contributed by atoms with Crippen LogP contribution < -0.4 is 10.0 Å². The number of nitrogens with zero attached hydrogens (tertiary/aromatic N) is 1. The third-order valence-corrected chi connectivity index (χ3v) is 5.13. The molecule has 0 heterocycles. The summed E-state index contributed by atoms with van der Waals surface area (Å²) in [6.07, 6.45) is 0.00472. The third-order valence-electron chi connectivity index (χ3n) is 3.35. The lowest BCUT2D eigenvalue weighted by Crippen LogP contribution is -2.30. The van der Waals surface area contributed by atoms with Crippen molar-refractivity contribution in [3.05, 3.63) is 64.7 Å². The molecule has 0 aliphatic rings. The second kappa shape index (κ2) is 8.62. The van der Waals surface area contributed by atoms with Gasteiger partial charge >= 0.3 is 0 Å². The number of rotatable bonds is 7. The second-order valence-electron chi connectivity index (χ2n) is 5.16. The van der Waals surface area contributed by atoms with Gasteiger partial charge in [0, 0.05) is 19.5 Å². The smallest absolute Gasteiger partial charge is 0.240 e. The van der Waals surface area contributed by atoms with Crippen LogP contribution in [0.15, 0.2) is 53.4 Å². The summed E-state index contributed by atoms with van der Waals surface area (Å²) in [6.45, 7) is 0.336. The van der Waals surface area contributed by atoms with Gasteiger partial charge in [-0.15, -0.1) is 0 Å². The summed E-state index contributed by atoms with van der Waals surface area (Å²) in [5.74, 6) is -0.264. The van der Waals surface area contributed by atoms with E-state index < -0.39 is 10.0 Å². The quantitative estimate of drug-likeness (QED) is 0.772. The van der Waals surface area contributed by atoms with Crippen molar-refractivity contribution in [1.82, 2.24) is 10.0 Å². The zero-order valence-corrected chi connectivity index (χ0v) is 14.8. The van der Waals surface area contributed by atoms with E-state index >= 15 is 0 Å². The molecule has 0 unspecified atom stereocenters. The molecule has 6 nitrogen and oxygen atoms in total.